The van der Waals surface area contributed by atoms with Crippen molar-refractivity contribution in [3.05, 3.63) is 35.1 Å². The quantitative estimate of drug-likeness (QED) is 0.626. The van der Waals surface area contributed by atoms with Crippen molar-refractivity contribution in [1.82, 2.24) is 5.32 Å². The first kappa shape index (κ1) is 14.4. The van der Waals surface area contributed by atoms with E-state index in [9.17, 15) is 13.2 Å². The molecule has 0 radical (unpaired) electrons. The van der Waals surface area contributed by atoms with Gasteiger partial charge in [0.2, 0.25) is 0 Å². The van der Waals surface area contributed by atoms with Crippen LogP contribution in [0.2, 0.25) is 0 Å². The molecule has 2 rings (SSSR count). The molecule has 0 aromatic heterocycles. The van der Waals surface area contributed by atoms with Crippen molar-refractivity contribution in [3.63, 3.8) is 0 Å². The van der Waals surface area contributed by atoms with Gasteiger partial charge in [0.05, 0.1) is 0 Å². The summed E-state index contributed by atoms with van der Waals surface area (Å²) in [6.07, 6.45) is 7.67. The predicted octanol–water partition coefficient (Wildman–Crippen LogP) is 4.16. The molecule has 0 unspecified atom stereocenters. The molecule has 0 saturated heterocycles. The van der Waals surface area contributed by atoms with Crippen molar-refractivity contribution in [1.29, 1.82) is 0 Å². The Balaban J connectivity index is 1.73. The fourth-order valence-electron chi connectivity index (χ4n) is 2.72. The highest BCUT2D eigenvalue weighted by molar-refractivity contribution is 5.19. The van der Waals surface area contributed by atoms with Crippen molar-refractivity contribution in [3.8, 4) is 0 Å². The van der Waals surface area contributed by atoms with Gasteiger partial charge >= 0.3 is 0 Å². The van der Waals surface area contributed by atoms with Crippen LogP contribution in [0.5, 0.6) is 0 Å². The molecule has 4 heteroatoms. The van der Waals surface area contributed by atoms with Crippen molar-refractivity contribution in [2.24, 2.45) is 5.92 Å². The van der Waals surface area contributed by atoms with E-state index >= 15 is 0 Å². The van der Waals surface area contributed by atoms with Gasteiger partial charge in [-0.2, -0.15) is 0 Å². The molecule has 1 fully saturated rings. The van der Waals surface area contributed by atoms with Gasteiger partial charge in [0.25, 0.3) is 0 Å². The van der Waals surface area contributed by atoms with E-state index in [0.717, 1.165) is 31.0 Å². The normalized spacial score (nSPS) is 16.8. The van der Waals surface area contributed by atoms with Crippen LogP contribution >= 0.6 is 0 Å². The second-order valence-corrected chi connectivity index (χ2v) is 5.34. The van der Waals surface area contributed by atoms with E-state index < -0.39 is 17.5 Å². The first-order chi connectivity index (χ1) is 9.16. The minimum Gasteiger partial charge on any atom is -0.313 e. The molecule has 0 atom stereocenters. The van der Waals surface area contributed by atoms with E-state index in [2.05, 4.69) is 5.32 Å². The zero-order valence-electron chi connectivity index (χ0n) is 11.0. The molecule has 0 heterocycles. The van der Waals surface area contributed by atoms with Gasteiger partial charge in [0.15, 0.2) is 17.5 Å². The average Bonchev–Trinajstić information content (AvgIpc) is 2.42. The van der Waals surface area contributed by atoms with Gasteiger partial charge in [-0.25, -0.2) is 13.2 Å². The van der Waals surface area contributed by atoms with E-state index in [0.29, 0.717) is 12.1 Å². The van der Waals surface area contributed by atoms with Crippen LogP contribution in [-0.2, 0) is 6.54 Å². The van der Waals surface area contributed by atoms with E-state index in [1.54, 1.807) is 0 Å². The lowest BCUT2D eigenvalue weighted by molar-refractivity contribution is 0.333. The lowest BCUT2D eigenvalue weighted by Crippen LogP contribution is -2.19. The monoisotopic (exact) mass is 271 g/mol. The molecule has 1 nitrogen and oxygen atoms in total. The van der Waals surface area contributed by atoms with Crippen LogP contribution in [0, 0.1) is 23.4 Å². The Morgan fingerprint density at radius 3 is 2.26 bits per heavy atom. The lowest BCUT2D eigenvalue weighted by atomic mass is 9.87. The van der Waals surface area contributed by atoms with E-state index in [4.69, 9.17) is 0 Å². The zero-order chi connectivity index (χ0) is 13.7. The molecule has 1 aliphatic rings. The van der Waals surface area contributed by atoms with E-state index in [1.165, 1.54) is 32.1 Å². The van der Waals surface area contributed by atoms with Crippen molar-refractivity contribution >= 4 is 0 Å². The summed E-state index contributed by atoms with van der Waals surface area (Å²) in [6.45, 7) is 1.21. The predicted molar refractivity (Wildman–Crippen MR) is 69.2 cm³/mol. The summed E-state index contributed by atoms with van der Waals surface area (Å²) < 4.78 is 38.8. The maximum Gasteiger partial charge on any atom is 0.194 e. The standard InChI is InChI=1S/C15H20F3N/c16-13-8-12(9-14(17)15(13)18)10-19-7-6-11-4-2-1-3-5-11/h8-9,11,19H,1-7,10H2. The molecule has 1 aliphatic carbocycles. The topological polar surface area (TPSA) is 12.0 Å². The molecule has 106 valence electrons. The highest BCUT2D eigenvalue weighted by Crippen LogP contribution is 2.25. The highest BCUT2D eigenvalue weighted by atomic mass is 19.2. The van der Waals surface area contributed by atoms with Gasteiger partial charge in [0, 0.05) is 6.54 Å². The zero-order valence-corrected chi connectivity index (χ0v) is 11.0. The number of rotatable bonds is 5. The Labute approximate surface area is 112 Å². The molecular formula is C15H20F3N. The van der Waals surface area contributed by atoms with Crippen molar-refractivity contribution in [2.75, 3.05) is 6.54 Å². The number of hydrogen-bond acceptors (Lipinski definition) is 1. The molecular weight excluding hydrogens is 251 g/mol. The molecule has 1 saturated carbocycles. The molecule has 0 spiro atoms. The summed E-state index contributed by atoms with van der Waals surface area (Å²) >= 11 is 0. The molecule has 0 bridgehead atoms. The van der Waals surface area contributed by atoms with Gasteiger partial charge < -0.3 is 5.32 Å². The van der Waals surface area contributed by atoms with Gasteiger partial charge in [-0.05, 0) is 36.6 Å². The smallest absolute Gasteiger partial charge is 0.194 e. The average molecular weight is 271 g/mol. The summed E-state index contributed by atoms with van der Waals surface area (Å²) in [7, 11) is 0. The second-order valence-electron chi connectivity index (χ2n) is 5.34. The molecule has 1 aromatic carbocycles. The first-order valence-electron chi connectivity index (χ1n) is 7.01. The van der Waals surface area contributed by atoms with Crippen LogP contribution in [0.1, 0.15) is 44.1 Å². The second kappa shape index (κ2) is 6.94. The van der Waals surface area contributed by atoms with Gasteiger partial charge in [-0.15, -0.1) is 0 Å². The summed E-state index contributed by atoms with van der Waals surface area (Å²) in [5, 5.41) is 3.17. The number of halogens is 3. The summed E-state index contributed by atoms with van der Waals surface area (Å²) in [4.78, 5) is 0. The Kier molecular flexibility index (Phi) is 5.25. The number of benzene rings is 1. The first-order valence-corrected chi connectivity index (χ1v) is 7.01. The van der Waals surface area contributed by atoms with Crippen molar-refractivity contribution in [2.45, 2.75) is 45.1 Å². The molecule has 1 N–H and O–H groups in total. The Hall–Kier alpha value is -1.03. The summed E-state index contributed by atoms with van der Waals surface area (Å²) in [5.74, 6) is -2.86. The molecule has 1 aromatic rings. The number of hydrogen-bond donors (Lipinski definition) is 1. The van der Waals surface area contributed by atoms with Crippen LogP contribution in [-0.4, -0.2) is 6.54 Å². The SMILES string of the molecule is Fc1cc(CNCCC2CCCCC2)cc(F)c1F. The van der Waals surface area contributed by atoms with Crippen LogP contribution in [0.3, 0.4) is 0 Å². The van der Waals surface area contributed by atoms with Crippen LogP contribution in [0.15, 0.2) is 12.1 Å². The maximum absolute atomic E-state index is 13.0. The Morgan fingerprint density at radius 2 is 1.63 bits per heavy atom. The molecule has 0 amide bonds. The molecule has 0 aliphatic heterocycles. The highest BCUT2D eigenvalue weighted by Gasteiger charge is 2.13. The third-order valence-electron chi connectivity index (χ3n) is 3.83. The largest absolute Gasteiger partial charge is 0.313 e. The third-order valence-corrected chi connectivity index (χ3v) is 3.83. The van der Waals surface area contributed by atoms with Gasteiger partial charge in [0.1, 0.15) is 0 Å². The van der Waals surface area contributed by atoms with Gasteiger partial charge in [-0.3, -0.25) is 0 Å². The van der Waals surface area contributed by atoms with Crippen LogP contribution in [0.4, 0.5) is 13.2 Å². The number of nitrogens with one attached hydrogen (secondary N) is 1. The lowest BCUT2D eigenvalue weighted by Gasteiger charge is -2.21. The fourth-order valence-corrected chi connectivity index (χ4v) is 2.72. The Morgan fingerprint density at radius 1 is 1.00 bits per heavy atom. The summed E-state index contributed by atoms with van der Waals surface area (Å²) in [5.41, 5.74) is 0.444. The molecule has 19 heavy (non-hydrogen) atoms. The fraction of sp³-hybridized carbons (Fsp3) is 0.600. The Bertz CT molecular complexity index is 391. The third kappa shape index (κ3) is 4.23. The van der Waals surface area contributed by atoms with E-state index in [1.807, 2.05) is 0 Å². The van der Waals surface area contributed by atoms with Crippen molar-refractivity contribution < 1.29 is 13.2 Å². The summed E-state index contributed by atoms with van der Waals surface area (Å²) in [6, 6.07) is 2.10. The van der Waals surface area contributed by atoms with Crippen LogP contribution in [0.25, 0.3) is 0 Å². The van der Waals surface area contributed by atoms with Crippen LogP contribution < -0.4 is 5.32 Å². The minimum atomic E-state index is -1.40. The minimum absolute atomic E-state index is 0.376. The maximum atomic E-state index is 13.0. The van der Waals surface area contributed by atoms with E-state index in [-0.39, 0.29) is 0 Å². The van der Waals surface area contributed by atoms with Gasteiger partial charge in [-0.1, -0.05) is 32.1 Å².